The third kappa shape index (κ3) is 10.4. The molecule has 0 aromatic heterocycles. The highest BCUT2D eigenvalue weighted by Gasteiger charge is 2.18. The number of thioether (sulfide) groups is 1. The first kappa shape index (κ1) is 24.8. The Morgan fingerprint density at radius 3 is 1.30 bits per heavy atom. The van der Waals surface area contributed by atoms with E-state index in [1.807, 2.05) is 33.3 Å². The highest BCUT2D eigenvalue weighted by molar-refractivity contribution is 8.86. The second kappa shape index (κ2) is 14.5. The first-order valence-electron chi connectivity index (χ1n) is 9.96. The van der Waals surface area contributed by atoms with Gasteiger partial charge in [0.2, 0.25) is 0 Å². The minimum Gasteiger partial charge on any atom is -0.357 e. The Kier molecular flexibility index (Phi) is 13.3. The van der Waals surface area contributed by atoms with Crippen LogP contribution in [0.2, 0.25) is 0 Å². The van der Waals surface area contributed by atoms with E-state index in [1.54, 1.807) is 21.6 Å². The molecule has 2 rings (SSSR count). The van der Waals surface area contributed by atoms with E-state index in [4.69, 9.17) is 24.4 Å². The number of hydrogen-bond acceptors (Lipinski definition) is 7. The van der Waals surface area contributed by atoms with E-state index < -0.39 is 0 Å². The summed E-state index contributed by atoms with van der Waals surface area (Å²) in [5.74, 6) is 0. The topological polar surface area (TPSA) is 6.48 Å². The van der Waals surface area contributed by atoms with Crippen LogP contribution in [0.1, 0.15) is 65.2 Å². The van der Waals surface area contributed by atoms with Crippen LogP contribution in [-0.2, 0) is 0 Å². The van der Waals surface area contributed by atoms with Crippen LogP contribution in [0.4, 0.5) is 0 Å². The molecule has 0 spiro atoms. The Labute approximate surface area is 197 Å². The van der Waals surface area contributed by atoms with Gasteiger partial charge in [-0.3, -0.25) is 0 Å². The summed E-state index contributed by atoms with van der Waals surface area (Å²) in [6, 6.07) is 0. The molecule has 0 aromatic rings. The summed E-state index contributed by atoms with van der Waals surface area (Å²) >= 11 is 13.3. The second-order valence-electron chi connectivity index (χ2n) is 6.96. The monoisotopic (exact) mass is 500 g/mol. The molecular weight excluding hydrogens is 469 g/mol. The van der Waals surface area contributed by atoms with Crippen molar-refractivity contribution in [3.8, 4) is 0 Å². The summed E-state index contributed by atoms with van der Waals surface area (Å²) in [5, 5.41) is 0. The van der Waals surface area contributed by atoms with E-state index in [-0.39, 0.29) is 0 Å². The van der Waals surface area contributed by atoms with Crippen LogP contribution in [0.3, 0.4) is 0 Å². The Balaban J connectivity index is 1.60. The molecule has 2 aliphatic rings. The normalized spacial score (nSPS) is 21.3. The van der Waals surface area contributed by atoms with Gasteiger partial charge in [-0.25, -0.2) is 0 Å². The van der Waals surface area contributed by atoms with Gasteiger partial charge >= 0.3 is 0 Å². The van der Waals surface area contributed by atoms with Crippen LogP contribution in [0.15, 0.2) is 0 Å². The van der Waals surface area contributed by atoms with Crippen LogP contribution < -0.4 is 0 Å². The Hall–Kier alpha value is 1.53. The maximum atomic E-state index is 5.66. The standard InChI is InChI=1S/C18H32N2S7/c1-15(24-26-17(21)19-11-7-3-4-8-12-19)23-16(2)25-27-18(22)20-13-9-5-6-10-14-20/h15-16H,3-14H2,1-2H3. The van der Waals surface area contributed by atoms with Crippen molar-refractivity contribution in [2.45, 2.75) is 74.4 Å². The average Bonchev–Trinajstić information content (AvgIpc) is 3.09. The Morgan fingerprint density at radius 2 is 0.963 bits per heavy atom. The maximum Gasteiger partial charge on any atom is 0.147 e. The number of thiocarbonyl (C=S) groups is 2. The SMILES string of the molecule is CC(SSC(=S)N1CCCCCC1)SC(C)SSC(=S)N1CCCCCC1. The van der Waals surface area contributed by atoms with Gasteiger partial charge in [-0.2, -0.15) is 0 Å². The fourth-order valence-corrected chi connectivity index (χ4v) is 10.8. The molecule has 0 bridgehead atoms. The summed E-state index contributed by atoms with van der Waals surface area (Å²) in [4.78, 5) is 4.82. The van der Waals surface area contributed by atoms with Crippen molar-refractivity contribution in [3.05, 3.63) is 0 Å². The molecule has 2 unspecified atom stereocenters. The molecule has 0 aromatic carbocycles. The quantitative estimate of drug-likeness (QED) is 0.206. The molecule has 0 aliphatic carbocycles. The van der Waals surface area contributed by atoms with E-state index in [9.17, 15) is 0 Å². The van der Waals surface area contributed by atoms with Gasteiger partial charge in [-0.15, -0.1) is 11.8 Å². The summed E-state index contributed by atoms with van der Waals surface area (Å²) in [5.41, 5.74) is 0. The lowest BCUT2D eigenvalue weighted by Gasteiger charge is -2.24. The molecule has 27 heavy (non-hydrogen) atoms. The fourth-order valence-electron chi connectivity index (χ4n) is 3.14. The van der Waals surface area contributed by atoms with E-state index >= 15 is 0 Å². The molecule has 0 N–H and O–H groups in total. The van der Waals surface area contributed by atoms with Crippen LogP contribution in [0.5, 0.6) is 0 Å². The van der Waals surface area contributed by atoms with Crippen molar-refractivity contribution < 1.29 is 0 Å². The predicted molar refractivity (Wildman–Crippen MR) is 142 cm³/mol. The second-order valence-corrected chi connectivity index (χ2v) is 15.6. The van der Waals surface area contributed by atoms with Crippen LogP contribution >= 0.6 is 79.4 Å². The van der Waals surface area contributed by atoms with E-state index in [0.717, 1.165) is 34.8 Å². The van der Waals surface area contributed by atoms with Crippen molar-refractivity contribution in [2.24, 2.45) is 0 Å². The van der Waals surface area contributed by atoms with Gasteiger partial charge in [0, 0.05) is 26.2 Å². The van der Waals surface area contributed by atoms with Crippen LogP contribution in [0.25, 0.3) is 0 Å². The number of rotatable bonds is 6. The summed E-state index contributed by atoms with van der Waals surface area (Å²) < 4.78 is 3.20. The molecule has 0 amide bonds. The van der Waals surface area contributed by atoms with Crippen LogP contribution in [0, 0.1) is 0 Å². The van der Waals surface area contributed by atoms with E-state index in [0.29, 0.717) is 9.16 Å². The van der Waals surface area contributed by atoms with Gasteiger partial charge in [0.25, 0.3) is 0 Å². The van der Waals surface area contributed by atoms with Crippen molar-refractivity contribution in [3.63, 3.8) is 0 Å². The first-order valence-corrected chi connectivity index (χ1v) is 16.1. The highest BCUT2D eigenvalue weighted by Crippen LogP contribution is 2.43. The summed E-state index contributed by atoms with van der Waals surface area (Å²) in [6.45, 7) is 9.16. The van der Waals surface area contributed by atoms with E-state index in [1.165, 1.54) is 51.4 Å². The van der Waals surface area contributed by atoms with Crippen molar-refractivity contribution in [1.82, 2.24) is 9.80 Å². The number of likely N-dealkylation sites (tertiary alicyclic amines) is 2. The van der Waals surface area contributed by atoms with Crippen molar-refractivity contribution in [1.29, 1.82) is 0 Å². The first-order chi connectivity index (χ1) is 13.1. The highest BCUT2D eigenvalue weighted by atomic mass is 33.1. The number of nitrogens with zero attached hydrogens (tertiary/aromatic N) is 2. The molecule has 2 aliphatic heterocycles. The van der Waals surface area contributed by atoms with Crippen LogP contribution in [-0.4, -0.2) is 53.8 Å². The lowest BCUT2D eigenvalue weighted by molar-refractivity contribution is 0.450. The third-order valence-electron chi connectivity index (χ3n) is 4.62. The summed E-state index contributed by atoms with van der Waals surface area (Å²) in [6.07, 6.45) is 10.6. The lowest BCUT2D eigenvalue weighted by Crippen LogP contribution is -2.27. The average molecular weight is 501 g/mol. The Morgan fingerprint density at radius 1 is 0.630 bits per heavy atom. The molecule has 2 heterocycles. The fraction of sp³-hybridized carbons (Fsp3) is 0.889. The van der Waals surface area contributed by atoms with Gasteiger partial charge < -0.3 is 9.80 Å². The zero-order valence-corrected chi connectivity index (χ0v) is 22.1. The minimum atomic E-state index is 0.523. The molecule has 2 fully saturated rings. The zero-order chi connectivity index (χ0) is 19.5. The van der Waals surface area contributed by atoms with Gasteiger partial charge in [-0.1, -0.05) is 71.7 Å². The third-order valence-corrected chi connectivity index (χ3v) is 13.8. The van der Waals surface area contributed by atoms with Crippen molar-refractivity contribution >= 4 is 88.0 Å². The van der Waals surface area contributed by atoms with Gasteiger partial charge in [0.1, 0.15) is 8.64 Å². The molecular formula is C18H32N2S7. The lowest BCUT2D eigenvalue weighted by atomic mass is 10.2. The summed E-state index contributed by atoms with van der Waals surface area (Å²) in [7, 11) is 7.41. The molecule has 156 valence electrons. The largest absolute Gasteiger partial charge is 0.357 e. The Bertz CT molecular complexity index is 407. The van der Waals surface area contributed by atoms with Crippen molar-refractivity contribution in [2.75, 3.05) is 26.2 Å². The molecule has 0 radical (unpaired) electrons. The molecule has 2 nitrogen and oxygen atoms in total. The molecule has 2 atom stereocenters. The zero-order valence-electron chi connectivity index (χ0n) is 16.4. The van der Waals surface area contributed by atoms with Gasteiger partial charge in [-0.05, 0) is 61.1 Å². The molecule has 2 saturated heterocycles. The number of hydrogen-bond donors (Lipinski definition) is 0. The van der Waals surface area contributed by atoms with Gasteiger partial charge in [0.15, 0.2) is 0 Å². The van der Waals surface area contributed by atoms with E-state index in [2.05, 4.69) is 23.6 Å². The molecule has 0 saturated carbocycles. The molecule has 9 heteroatoms. The van der Waals surface area contributed by atoms with Gasteiger partial charge in [0.05, 0.1) is 9.16 Å². The maximum absolute atomic E-state index is 5.66. The minimum absolute atomic E-state index is 0.523. The smallest absolute Gasteiger partial charge is 0.147 e. The predicted octanol–water partition coefficient (Wildman–Crippen LogP) is 7.50.